The van der Waals surface area contributed by atoms with Crippen LogP contribution in [0.2, 0.25) is 0 Å². The van der Waals surface area contributed by atoms with Crippen LogP contribution >= 0.6 is 0 Å². The molecular formula is C20H36N2O3. The minimum atomic E-state index is -0.453. The smallest absolute Gasteiger partial charge is 0.410 e. The molecule has 0 atom stereocenters. The van der Waals surface area contributed by atoms with Gasteiger partial charge in [0.05, 0.1) is 0 Å². The molecule has 1 heterocycles. The Labute approximate surface area is 152 Å². The fraction of sp³-hybridized carbons (Fsp3) is 0.900. The summed E-state index contributed by atoms with van der Waals surface area (Å²) in [5.74, 6) is 0.577. The Kier molecular flexibility index (Phi) is 7.57. The maximum absolute atomic E-state index is 12.4. The van der Waals surface area contributed by atoms with E-state index in [1.807, 2.05) is 20.8 Å². The molecule has 0 radical (unpaired) electrons. The van der Waals surface area contributed by atoms with E-state index in [9.17, 15) is 9.59 Å². The van der Waals surface area contributed by atoms with Gasteiger partial charge in [0.1, 0.15) is 5.60 Å². The molecular weight excluding hydrogens is 316 g/mol. The van der Waals surface area contributed by atoms with Crippen molar-refractivity contribution in [3.63, 3.8) is 0 Å². The number of rotatable bonds is 3. The average Bonchev–Trinajstić information content (AvgIpc) is 2.49. The first-order chi connectivity index (χ1) is 11.8. The Morgan fingerprint density at radius 2 is 1.52 bits per heavy atom. The van der Waals surface area contributed by atoms with Crippen molar-refractivity contribution in [1.29, 1.82) is 0 Å². The van der Waals surface area contributed by atoms with Crippen molar-refractivity contribution in [2.45, 2.75) is 96.6 Å². The van der Waals surface area contributed by atoms with Gasteiger partial charge in [-0.1, -0.05) is 32.1 Å². The molecule has 2 rings (SSSR count). The zero-order valence-corrected chi connectivity index (χ0v) is 16.3. The van der Waals surface area contributed by atoms with Crippen LogP contribution in [0.1, 0.15) is 85.0 Å². The molecule has 1 aliphatic heterocycles. The first-order valence-corrected chi connectivity index (χ1v) is 10.1. The summed E-state index contributed by atoms with van der Waals surface area (Å²) >= 11 is 0. The summed E-state index contributed by atoms with van der Waals surface area (Å²) in [7, 11) is 0. The number of hydrogen-bond acceptors (Lipinski definition) is 3. The van der Waals surface area contributed by atoms with Gasteiger partial charge in [0.2, 0.25) is 5.91 Å². The molecule has 0 aromatic heterocycles. The Hall–Kier alpha value is -1.26. The van der Waals surface area contributed by atoms with E-state index in [0.29, 0.717) is 31.5 Å². The normalized spacial score (nSPS) is 21.3. The lowest BCUT2D eigenvalue weighted by Crippen LogP contribution is -2.43. The summed E-state index contributed by atoms with van der Waals surface area (Å²) in [6, 6.07) is 0.370. The molecule has 144 valence electrons. The van der Waals surface area contributed by atoms with E-state index in [2.05, 4.69) is 5.32 Å². The fourth-order valence-electron chi connectivity index (χ4n) is 3.80. The first kappa shape index (κ1) is 20.1. The second-order valence-electron chi connectivity index (χ2n) is 8.72. The quantitative estimate of drug-likeness (QED) is 0.826. The van der Waals surface area contributed by atoms with Gasteiger partial charge in [-0.15, -0.1) is 0 Å². The molecule has 5 nitrogen and oxygen atoms in total. The minimum absolute atomic E-state index is 0.196. The van der Waals surface area contributed by atoms with Crippen molar-refractivity contribution in [3.05, 3.63) is 0 Å². The monoisotopic (exact) mass is 352 g/mol. The highest BCUT2D eigenvalue weighted by molar-refractivity contribution is 5.76. The molecule has 5 heteroatoms. The van der Waals surface area contributed by atoms with Crippen molar-refractivity contribution in [2.75, 3.05) is 13.1 Å². The number of ether oxygens (including phenoxy) is 1. The number of hydrogen-bond donors (Lipinski definition) is 1. The van der Waals surface area contributed by atoms with Gasteiger partial charge >= 0.3 is 6.09 Å². The Balaban J connectivity index is 1.68. The third-order valence-corrected chi connectivity index (χ3v) is 5.21. The fourth-order valence-corrected chi connectivity index (χ4v) is 3.80. The van der Waals surface area contributed by atoms with Gasteiger partial charge in [-0.3, -0.25) is 4.79 Å². The predicted molar refractivity (Wildman–Crippen MR) is 99.4 cm³/mol. The van der Waals surface area contributed by atoms with E-state index in [-0.39, 0.29) is 12.0 Å². The zero-order valence-electron chi connectivity index (χ0n) is 16.3. The third-order valence-electron chi connectivity index (χ3n) is 5.21. The summed E-state index contributed by atoms with van der Waals surface area (Å²) in [5, 5.41) is 3.25. The Bertz CT molecular complexity index is 429. The van der Waals surface area contributed by atoms with E-state index in [4.69, 9.17) is 4.74 Å². The summed E-state index contributed by atoms with van der Waals surface area (Å²) in [6.07, 6.45) is 10.8. The van der Waals surface area contributed by atoms with Gasteiger partial charge < -0.3 is 15.0 Å². The zero-order chi connectivity index (χ0) is 18.3. The SMILES string of the molecule is CC(C)(C)OC(=O)N1CCC(CC(=O)NC2CCCCCCC2)CC1. The molecule has 25 heavy (non-hydrogen) atoms. The number of nitrogens with one attached hydrogen (secondary N) is 1. The maximum atomic E-state index is 12.4. The van der Waals surface area contributed by atoms with Crippen LogP contribution in [0.3, 0.4) is 0 Å². The van der Waals surface area contributed by atoms with Gasteiger partial charge in [-0.05, 0) is 52.4 Å². The number of carbonyl (C=O) groups is 2. The minimum Gasteiger partial charge on any atom is -0.444 e. The van der Waals surface area contributed by atoms with Crippen LogP contribution in [0, 0.1) is 5.92 Å². The molecule has 0 spiro atoms. The highest BCUT2D eigenvalue weighted by atomic mass is 16.6. The van der Waals surface area contributed by atoms with Crippen LogP contribution in [0.25, 0.3) is 0 Å². The Morgan fingerprint density at radius 1 is 0.960 bits per heavy atom. The van der Waals surface area contributed by atoms with Gasteiger partial charge in [0.25, 0.3) is 0 Å². The van der Waals surface area contributed by atoms with Gasteiger partial charge in [-0.25, -0.2) is 4.79 Å². The van der Waals surface area contributed by atoms with Crippen molar-refractivity contribution in [1.82, 2.24) is 10.2 Å². The highest BCUT2D eigenvalue weighted by Crippen LogP contribution is 2.23. The largest absolute Gasteiger partial charge is 0.444 e. The van der Waals surface area contributed by atoms with E-state index in [1.54, 1.807) is 4.90 Å². The lowest BCUT2D eigenvalue weighted by molar-refractivity contribution is -0.123. The summed E-state index contributed by atoms with van der Waals surface area (Å²) in [6.45, 7) is 7.04. The van der Waals surface area contributed by atoms with Gasteiger partial charge in [0.15, 0.2) is 0 Å². The predicted octanol–water partition coefficient (Wildman–Crippen LogP) is 4.25. The second kappa shape index (κ2) is 9.44. The van der Waals surface area contributed by atoms with E-state index in [1.165, 1.54) is 32.1 Å². The van der Waals surface area contributed by atoms with E-state index >= 15 is 0 Å². The number of amides is 2. The van der Waals surface area contributed by atoms with Crippen molar-refractivity contribution in [2.24, 2.45) is 5.92 Å². The van der Waals surface area contributed by atoms with E-state index in [0.717, 1.165) is 25.7 Å². The lowest BCUT2D eigenvalue weighted by Gasteiger charge is -2.33. The van der Waals surface area contributed by atoms with Crippen LogP contribution in [0.4, 0.5) is 4.79 Å². The standard InChI is InChI=1S/C20H36N2O3/c1-20(2,3)25-19(24)22-13-11-16(12-14-22)15-18(23)21-17-9-7-5-4-6-8-10-17/h16-17H,4-15H2,1-3H3,(H,21,23). The van der Waals surface area contributed by atoms with Crippen LogP contribution < -0.4 is 5.32 Å². The van der Waals surface area contributed by atoms with E-state index < -0.39 is 5.60 Å². The second-order valence-corrected chi connectivity index (χ2v) is 8.72. The summed E-state index contributed by atoms with van der Waals surface area (Å²) < 4.78 is 5.42. The molecule has 2 fully saturated rings. The van der Waals surface area contributed by atoms with Crippen molar-refractivity contribution in [3.8, 4) is 0 Å². The first-order valence-electron chi connectivity index (χ1n) is 10.1. The molecule has 1 N–H and O–H groups in total. The molecule has 0 aromatic rings. The van der Waals surface area contributed by atoms with Crippen LogP contribution in [-0.4, -0.2) is 41.6 Å². The lowest BCUT2D eigenvalue weighted by atomic mass is 9.92. The van der Waals surface area contributed by atoms with Crippen LogP contribution in [0.15, 0.2) is 0 Å². The molecule has 2 amide bonds. The molecule has 2 aliphatic rings. The molecule has 1 saturated carbocycles. The van der Waals surface area contributed by atoms with Crippen LogP contribution in [0.5, 0.6) is 0 Å². The summed E-state index contributed by atoms with van der Waals surface area (Å²) in [5.41, 5.74) is -0.453. The number of nitrogens with zero attached hydrogens (tertiary/aromatic N) is 1. The molecule has 0 bridgehead atoms. The topological polar surface area (TPSA) is 58.6 Å². The maximum Gasteiger partial charge on any atom is 0.410 e. The van der Waals surface area contributed by atoms with Crippen molar-refractivity contribution < 1.29 is 14.3 Å². The number of piperidine rings is 1. The number of carbonyl (C=O) groups excluding carboxylic acids is 2. The third kappa shape index (κ3) is 7.66. The highest BCUT2D eigenvalue weighted by Gasteiger charge is 2.28. The average molecular weight is 353 g/mol. The summed E-state index contributed by atoms with van der Waals surface area (Å²) in [4.78, 5) is 26.2. The van der Waals surface area contributed by atoms with Gasteiger partial charge in [-0.2, -0.15) is 0 Å². The molecule has 1 saturated heterocycles. The number of likely N-dealkylation sites (tertiary alicyclic amines) is 1. The van der Waals surface area contributed by atoms with Crippen molar-refractivity contribution >= 4 is 12.0 Å². The van der Waals surface area contributed by atoms with Crippen LogP contribution in [-0.2, 0) is 9.53 Å². The Morgan fingerprint density at radius 3 is 2.08 bits per heavy atom. The molecule has 0 unspecified atom stereocenters. The van der Waals surface area contributed by atoms with Gasteiger partial charge in [0, 0.05) is 25.6 Å². The molecule has 0 aromatic carbocycles. The molecule has 1 aliphatic carbocycles.